The molecule has 2 aromatic heterocycles. The number of nitrogens with one attached hydrogen (secondary N) is 2. The maximum absolute atomic E-state index is 12.6. The molecule has 3 rings (SSSR count). The van der Waals surface area contributed by atoms with E-state index < -0.39 is 10.8 Å². The molecule has 0 aliphatic carbocycles. The van der Waals surface area contributed by atoms with Gasteiger partial charge in [-0.15, -0.1) is 0 Å². The van der Waals surface area contributed by atoms with E-state index in [0.717, 1.165) is 0 Å². The highest BCUT2D eigenvalue weighted by atomic mass is 16.6. The van der Waals surface area contributed by atoms with Crippen LogP contribution in [0, 0.1) is 16.0 Å². The minimum atomic E-state index is -0.542. The summed E-state index contributed by atoms with van der Waals surface area (Å²) in [6, 6.07) is 7.43. The first-order valence-electron chi connectivity index (χ1n) is 9.77. The highest BCUT2D eigenvalue weighted by Gasteiger charge is 2.20. The Morgan fingerprint density at radius 2 is 1.97 bits per heavy atom. The number of amides is 2. The van der Waals surface area contributed by atoms with Gasteiger partial charge in [-0.05, 0) is 18.1 Å². The van der Waals surface area contributed by atoms with Crippen LogP contribution in [0.2, 0.25) is 0 Å². The molecule has 0 aliphatic rings. The Bertz CT molecular complexity index is 1140. The van der Waals surface area contributed by atoms with Crippen LogP contribution in [0.15, 0.2) is 42.7 Å². The number of para-hydroxylation sites is 2. The van der Waals surface area contributed by atoms with Crippen molar-refractivity contribution in [2.24, 2.45) is 13.0 Å². The van der Waals surface area contributed by atoms with Gasteiger partial charge in [-0.3, -0.25) is 24.4 Å². The van der Waals surface area contributed by atoms with Crippen molar-refractivity contribution in [1.82, 2.24) is 24.9 Å². The molecular formula is C20H23N7O5. The standard InChI is InChI=1S/C20H23N7O5/c1-13(2)10-21-20(29)18-15(11-22-25(18)3)23-19(28)14-8-9-26(24-14)12-32-17-7-5-4-6-16(17)27(30)31/h4-9,11,13H,10,12H2,1-3H3,(H,21,29)(H,23,28). The molecule has 0 aliphatic heterocycles. The summed E-state index contributed by atoms with van der Waals surface area (Å²) >= 11 is 0. The number of carbonyl (C=O) groups excluding carboxylic acids is 2. The van der Waals surface area contributed by atoms with Gasteiger partial charge in [0.05, 0.1) is 16.8 Å². The summed E-state index contributed by atoms with van der Waals surface area (Å²) in [6.07, 6.45) is 2.89. The van der Waals surface area contributed by atoms with Crippen molar-refractivity contribution in [2.45, 2.75) is 20.6 Å². The third kappa shape index (κ3) is 5.28. The van der Waals surface area contributed by atoms with Crippen LogP contribution in [0.3, 0.4) is 0 Å². The second-order valence-corrected chi connectivity index (χ2v) is 7.33. The Morgan fingerprint density at radius 3 is 2.69 bits per heavy atom. The maximum Gasteiger partial charge on any atom is 0.311 e. The van der Waals surface area contributed by atoms with Crippen molar-refractivity contribution in [3.63, 3.8) is 0 Å². The summed E-state index contributed by atoms with van der Waals surface area (Å²) in [6.45, 7) is 4.31. The largest absolute Gasteiger partial charge is 0.464 e. The van der Waals surface area contributed by atoms with E-state index in [1.807, 2.05) is 13.8 Å². The number of hydrogen-bond donors (Lipinski definition) is 2. The molecule has 3 aromatic rings. The lowest BCUT2D eigenvalue weighted by Crippen LogP contribution is -2.30. The summed E-state index contributed by atoms with van der Waals surface area (Å²) in [5, 5.41) is 24.7. The lowest BCUT2D eigenvalue weighted by Gasteiger charge is -2.10. The lowest BCUT2D eigenvalue weighted by atomic mass is 10.2. The van der Waals surface area contributed by atoms with E-state index in [9.17, 15) is 19.7 Å². The molecule has 0 radical (unpaired) electrons. The van der Waals surface area contributed by atoms with Gasteiger partial charge in [-0.2, -0.15) is 10.2 Å². The first kappa shape index (κ1) is 22.5. The van der Waals surface area contributed by atoms with Gasteiger partial charge in [0, 0.05) is 25.9 Å². The first-order valence-corrected chi connectivity index (χ1v) is 9.77. The van der Waals surface area contributed by atoms with Crippen molar-refractivity contribution in [3.05, 3.63) is 64.2 Å². The second-order valence-electron chi connectivity index (χ2n) is 7.33. The molecule has 32 heavy (non-hydrogen) atoms. The van der Waals surface area contributed by atoms with E-state index in [0.29, 0.717) is 6.54 Å². The Balaban J connectivity index is 1.66. The number of rotatable bonds is 9. The molecular weight excluding hydrogens is 418 g/mol. The molecule has 0 bridgehead atoms. The number of carbonyl (C=O) groups is 2. The van der Waals surface area contributed by atoms with Crippen molar-refractivity contribution < 1.29 is 19.2 Å². The van der Waals surface area contributed by atoms with Crippen molar-refractivity contribution in [2.75, 3.05) is 11.9 Å². The number of ether oxygens (including phenoxy) is 1. The molecule has 0 saturated carbocycles. The average Bonchev–Trinajstić information content (AvgIpc) is 3.37. The van der Waals surface area contributed by atoms with Gasteiger partial charge in [0.1, 0.15) is 5.69 Å². The molecule has 0 spiro atoms. The Kier molecular flexibility index (Phi) is 6.83. The van der Waals surface area contributed by atoms with Gasteiger partial charge in [0.2, 0.25) is 0 Å². The second kappa shape index (κ2) is 9.73. The Morgan fingerprint density at radius 1 is 1.22 bits per heavy atom. The third-order valence-corrected chi connectivity index (χ3v) is 4.36. The molecule has 0 atom stereocenters. The smallest absolute Gasteiger partial charge is 0.311 e. The third-order valence-electron chi connectivity index (χ3n) is 4.36. The van der Waals surface area contributed by atoms with E-state index in [4.69, 9.17) is 4.74 Å². The van der Waals surface area contributed by atoms with E-state index in [2.05, 4.69) is 20.8 Å². The Labute approximate surface area is 183 Å². The van der Waals surface area contributed by atoms with Crippen molar-refractivity contribution >= 4 is 23.2 Å². The number of nitro benzene ring substituents is 1. The van der Waals surface area contributed by atoms with Gasteiger partial charge in [0.25, 0.3) is 11.8 Å². The predicted molar refractivity (Wildman–Crippen MR) is 114 cm³/mol. The number of benzene rings is 1. The maximum atomic E-state index is 12.6. The monoisotopic (exact) mass is 441 g/mol. The number of anilines is 1. The molecule has 1 aromatic carbocycles. The predicted octanol–water partition coefficient (Wildman–Crippen LogP) is 2.20. The van der Waals surface area contributed by atoms with Crippen LogP contribution in [-0.2, 0) is 13.8 Å². The fourth-order valence-corrected chi connectivity index (χ4v) is 2.79. The fraction of sp³-hybridized carbons (Fsp3) is 0.300. The molecule has 12 nitrogen and oxygen atoms in total. The minimum absolute atomic E-state index is 0.0774. The van der Waals surface area contributed by atoms with Crippen LogP contribution in [0.25, 0.3) is 0 Å². The highest BCUT2D eigenvalue weighted by Crippen LogP contribution is 2.26. The summed E-state index contributed by atoms with van der Waals surface area (Å²) < 4.78 is 8.16. The van der Waals surface area contributed by atoms with Crippen molar-refractivity contribution in [3.8, 4) is 5.75 Å². The normalized spacial score (nSPS) is 10.8. The number of nitro groups is 1. The zero-order valence-corrected chi connectivity index (χ0v) is 17.8. The Hall–Kier alpha value is -4.22. The molecule has 2 N–H and O–H groups in total. The van der Waals surface area contributed by atoms with E-state index >= 15 is 0 Å². The van der Waals surface area contributed by atoms with Gasteiger partial charge in [-0.25, -0.2) is 4.68 Å². The minimum Gasteiger partial charge on any atom is -0.464 e. The van der Waals surface area contributed by atoms with Gasteiger partial charge in [0.15, 0.2) is 18.2 Å². The first-order chi connectivity index (χ1) is 15.3. The van der Waals surface area contributed by atoms with Crippen molar-refractivity contribution in [1.29, 1.82) is 0 Å². The van der Waals surface area contributed by atoms with Gasteiger partial charge < -0.3 is 15.4 Å². The number of hydrogen-bond acceptors (Lipinski definition) is 7. The fourth-order valence-electron chi connectivity index (χ4n) is 2.79. The number of aryl methyl sites for hydroxylation is 1. The van der Waals surface area contributed by atoms with E-state index in [1.54, 1.807) is 13.1 Å². The van der Waals surface area contributed by atoms with Gasteiger partial charge >= 0.3 is 5.69 Å². The molecule has 0 saturated heterocycles. The molecule has 2 amide bonds. The van der Waals surface area contributed by atoms with Crippen LogP contribution < -0.4 is 15.4 Å². The topological polar surface area (TPSA) is 146 Å². The number of aromatic nitrogens is 4. The quantitative estimate of drug-likeness (QED) is 0.382. The lowest BCUT2D eigenvalue weighted by molar-refractivity contribution is -0.386. The van der Waals surface area contributed by atoms with E-state index in [1.165, 1.54) is 46.0 Å². The number of nitrogens with zero attached hydrogens (tertiary/aromatic N) is 5. The molecule has 2 heterocycles. The average molecular weight is 441 g/mol. The molecule has 12 heteroatoms. The SMILES string of the molecule is CC(C)CNC(=O)c1c(NC(=O)c2ccn(COc3ccccc3[N+](=O)[O-])n2)cnn1C. The summed E-state index contributed by atoms with van der Waals surface area (Å²) in [7, 11) is 1.61. The van der Waals surface area contributed by atoms with E-state index in [-0.39, 0.29) is 47.1 Å². The van der Waals surface area contributed by atoms with Crippen LogP contribution in [0.4, 0.5) is 11.4 Å². The van der Waals surface area contributed by atoms with Gasteiger partial charge in [-0.1, -0.05) is 26.0 Å². The van der Waals surface area contributed by atoms with Crippen LogP contribution in [-0.4, -0.2) is 42.8 Å². The zero-order valence-electron chi connectivity index (χ0n) is 17.8. The van der Waals surface area contributed by atoms with Crippen LogP contribution in [0.5, 0.6) is 5.75 Å². The zero-order chi connectivity index (χ0) is 23.3. The molecule has 168 valence electrons. The molecule has 0 unspecified atom stereocenters. The summed E-state index contributed by atoms with van der Waals surface area (Å²) in [4.78, 5) is 35.6. The summed E-state index contributed by atoms with van der Waals surface area (Å²) in [5.41, 5.74) is 0.383. The molecule has 0 fully saturated rings. The highest BCUT2D eigenvalue weighted by molar-refractivity contribution is 6.07. The van der Waals surface area contributed by atoms with Crippen LogP contribution >= 0.6 is 0 Å². The van der Waals surface area contributed by atoms with Crippen LogP contribution in [0.1, 0.15) is 34.8 Å². The summed E-state index contributed by atoms with van der Waals surface area (Å²) in [5.74, 6) is -0.530.